The van der Waals surface area contributed by atoms with Gasteiger partial charge in [0.05, 0.1) is 6.54 Å². The van der Waals surface area contributed by atoms with Gasteiger partial charge in [0.15, 0.2) is 0 Å². The highest BCUT2D eigenvalue weighted by Gasteiger charge is 1.97. The Balaban J connectivity index is 1.81. The minimum absolute atomic E-state index is 0.780. The maximum atomic E-state index is 5.76. The predicted octanol–water partition coefficient (Wildman–Crippen LogP) is 2.58. The summed E-state index contributed by atoms with van der Waals surface area (Å²) in [5.74, 6) is 0.970. The van der Waals surface area contributed by atoms with Crippen molar-refractivity contribution in [1.29, 1.82) is 0 Å². The van der Waals surface area contributed by atoms with E-state index in [2.05, 4.69) is 48.6 Å². The van der Waals surface area contributed by atoms with Crippen LogP contribution >= 0.6 is 0 Å². The molecule has 18 heavy (non-hydrogen) atoms. The van der Waals surface area contributed by atoms with Gasteiger partial charge in [-0.05, 0) is 29.3 Å². The summed E-state index contributed by atoms with van der Waals surface area (Å²) < 4.78 is 5.76. The van der Waals surface area contributed by atoms with E-state index in [0.717, 1.165) is 18.9 Å². The lowest BCUT2D eigenvalue weighted by atomic mass is 10.1. The molecule has 0 aliphatic carbocycles. The topological polar surface area (TPSA) is 25.8 Å². The Morgan fingerprint density at radius 3 is 2.67 bits per heavy atom. The van der Waals surface area contributed by atoms with Crippen LogP contribution in [0.15, 0.2) is 42.5 Å². The lowest BCUT2D eigenvalue weighted by Crippen LogP contribution is -2.85. The number of fused-ring (bicyclic) bond motifs is 1. The first-order chi connectivity index (χ1) is 8.90. The molecule has 0 saturated carbocycles. The quantitative estimate of drug-likeness (QED) is 0.744. The van der Waals surface area contributed by atoms with E-state index in [-0.39, 0.29) is 0 Å². The van der Waals surface area contributed by atoms with Gasteiger partial charge in [0.1, 0.15) is 18.9 Å². The standard InChI is InChI=1S/C16H21NO/c1-2-3-10-17-11-12-18-16-9-8-14-6-4-5-7-15(14)13-16/h4-9,13,17H,2-3,10-12H2,1H3/p+1. The molecule has 0 aliphatic rings. The van der Waals surface area contributed by atoms with Crippen LogP contribution in [0.25, 0.3) is 10.8 Å². The Kier molecular flexibility index (Phi) is 5.03. The lowest BCUT2D eigenvalue weighted by molar-refractivity contribution is -0.655. The van der Waals surface area contributed by atoms with E-state index < -0.39 is 0 Å². The second-order valence-electron chi connectivity index (χ2n) is 4.58. The SMILES string of the molecule is CCCC[NH2+]CCOc1ccc2ccccc2c1. The molecule has 2 aromatic carbocycles. The van der Waals surface area contributed by atoms with Gasteiger partial charge in [-0.1, -0.05) is 43.7 Å². The van der Waals surface area contributed by atoms with E-state index in [9.17, 15) is 0 Å². The van der Waals surface area contributed by atoms with Crippen molar-refractivity contribution in [1.82, 2.24) is 0 Å². The molecule has 96 valence electrons. The molecule has 2 N–H and O–H groups in total. The average molecular weight is 244 g/mol. The van der Waals surface area contributed by atoms with E-state index >= 15 is 0 Å². The van der Waals surface area contributed by atoms with Crippen LogP contribution in [0, 0.1) is 0 Å². The third-order valence-electron chi connectivity index (χ3n) is 3.07. The molecule has 0 amide bonds. The Morgan fingerprint density at radius 1 is 1.00 bits per heavy atom. The van der Waals surface area contributed by atoms with E-state index in [1.807, 2.05) is 6.07 Å². The van der Waals surface area contributed by atoms with Gasteiger partial charge in [-0.15, -0.1) is 0 Å². The highest BCUT2D eigenvalue weighted by atomic mass is 16.5. The van der Waals surface area contributed by atoms with Crippen molar-refractivity contribution >= 4 is 10.8 Å². The fourth-order valence-electron chi connectivity index (χ4n) is 2.01. The summed E-state index contributed by atoms with van der Waals surface area (Å²) in [4.78, 5) is 0. The van der Waals surface area contributed by atoms with Crippen molar-refractivity contribution in [3.05, 3.63) is 42.5 Å². The first-order valence-electron chi connectivity index (χ1n) is 6.83. The van der Waals surface area contributed by atoms with Gasteiger partial charge >= 0.3 is 0 Å². The number of hydrogen-bond donors (Lipinski definition) is 1. The summed E-state index contributed by atoms with van der Waals surface area (Å²) in [5, 5.41) is 4.83. The molecule has 0 saturated heterocycles. The number of unbranched alkanes of at least 4 members (excludes halogenated alkanes) is 1. The van der Waals surface area contributed by atoms with Crippen LogP contribution in [0.5, 0.6) is 5.75 Å². The minimum atomic E-state index is 0.780. The zero-order valence-electron chi connectivity index (χ0n) is 11.1. The van der Waals surface area contributed by atoms with Crippen LogP contribution < -0.4 is 10.1 Å². The third-order valence-corrected chi connectivity index (χ3v) is 3.07. The van der Waals surface area contributed by atoms with Crippen LogP contribution in [0.3, 0.4) is 0 Å². The highest BCUT2D eigenvalue weighted by molar-refractivity contribution is 5.83. The summed E-state index contributed by atoms with van der Waals surface area (Å²) >= 11 is 0. The van der Waals surface area contributed by atoms with Crippen molar-refractivity contribution < 1.29 is 10.1 Å². The molecule has 2 rings (SSSR count). The first-order valence-corrected chi connectivity index (χ1v) is 6.83. The molecule has 0 atom stereocenters. The number of rotatable bonds is 7. The predicted molar refractivity (Wildman–Crippen MR) is 76.0 cm³/mol. The summed E-state index contributed by atoms with van der Waals surface area (Å²) in [7, 11) is 0. The second-order valence-corrected chi connectivity index (χ2v) is 4.58. The summed E-state index contributed by atoms with van der Waals surface area (Å²) in [6, 6.07) is 14.6. The number of ether oxygens (including phenoxy) is 1. The Hall–Kier alpha value is -1.54. The summed E-state index contributed by atoms with van der Waals surface area (Å²) in [6.07, 6.45) is 2.55. The van der Waals surface area contributed by atoms with Gasteiger partial charge in [-0.3, -0.25) is 0 Å². The van der Waals surface area contributed by atoms with Crippen molar-refractivity contribution in [2.45, 2.75) is 19.8 Å². The van der Waals surface area contributed by atoms with Gasteiger partial charge in [0.2, 0.25) is 0 Å². The molecular formula is C16H22NO+. The number of hydrogen-bond acceptors (Lipinski definition) is 1. The van der Waals surface area contributed by atoms with Gasteiger partial charge in [0, 0.05) is 0 Å². The number of nitrogens with two attached hydrogens (primary N) is 1. The van der Waals surface area contributed by atoms with Crippen LogP contribution in [0.1, 0.15) is 19.8 Å². The number of quaternary nitrogens is 1. The van der Waals surface area contributed by atoms with E-state index in [0.29, 0.717) is 0 Å². The molecule has 0 heterocycles. The lowest BCUT2D eigenvalue weighted by Gasteiger charge is -2.06. The normalized spacial score (nSPS) is 10.7. The van der Waals surface area contributed by atoms with Crippen LogP contribution in [-0.4, -0.2) is 19.7 Å². The fourth-order valence-corrected chi connectivity index (χ4v) is 2.01. The first kappa shape index (κ1) is 12.9. The molecule has 0 bridgehead atoms. The van der Waals surface area contributed by atoms with Gasteiger partial charge in [0.25, 0.3) is 0 Å². The van der Waals surface area contributed by atoms with Crippen molar-refractivity contribution in [2.24, 2.45) is 0 Å². The maximum absolute atomic E-state index is 5.76. The van der Waals surface area contributed by atoms with E-state index in [4.69, 9.17) is 4.74 Å². The second kappa shape index (κ2) is 7.02. The van der Waals surface area contributed by atoms with Crippen LogP contribution in [0.4, 0.5) is 0 Å². The molecule has 0 aliphatic heterocycles. The van der Waals surface area contributed by atoms with Crippen LogP contribution in [-0.2, 0) is 0 Å². The van der Waals surface area contributed by atoms with Gasteiger partial charge in [-0.2, -0.15) is 0 Å². The van der Waals surface area contributed by atoms with Crippen molar-refractivity contribution in [2.75, 3.05) is 19.7 Å². The summed E-state index contributed by atoms with van der Waals surface area (Å²) in [5.41, 5.74) is 0. The molecule has 0 spiro atoms. The molecule has 0 fully saturated rings. The molecule has 2 heteroatoms. The van der Waals surface area contributed by atoms with Gasteiger partial charge in [-0.25, -0.2) is 0 Å². The molecule has 2 nitrogen and oxygen atoms in total. The van der Waals surface area contributed by atoms with Crippen molar-refractivity contribution in [3.8, 4) is 5.75 Å². The maximum Gasteiger partial charge on any atom is 0.137 e. The highest BCUT2D eigenvalue weighted by Crippen LogP contribution is 2.20. The largest absolute Gasteiger partial charge is 0.488 e. The summed E-state index contributed by atoms with van der Waals surface area (Å²) in [6.45, 7) is 5.24. The van der Waals surface area contributed by atoms with Crippen LogP contribution in [0.2, 0.25) is 0 Å². The molecule has 0 unspecified atom stereocenters. The van der Waals surface area contributed by atoms with Gasteiger partial charge < -0.3 is 10.1 Å². The fraction of sp³-hybridized carbons (Fsp3) is 0.375. The zero-order chi connectivity index (χ0) is 12.6. The molecular weight excluding hydrogens is 222 g/mol. The van der Waals surface area contributed by atoms with E-state index in [1.165, 1.54) is 30.2 Å². The zero-order valence-corrected chi connectivity index (χ0v) is 11.1. The third kappa shape index (κ3) is 3.74. The molecule has 2 aromatic rings. The van der Waals surface area contributed by atoms with E-state index in [1.54, 1.807) is 0 Å². The monoisotopic (exact) mass is 244 g/mol. The Morgan fingerprint density at radius 2 is 1.83 bits per heavy atom. The minimum Gasteiger partial charge on any atom is -0.488 e. The molecule has 0 aromatic heterocycles. The Labute approximate surface area is 109 Å². The Bertz CT molecular complexity index is 481. The molecule has 0 radical (unpaired) electrons. The average Bonchev–Trinajstić information content (AvgIpc) is 2.42. The smallest absolute Gasteiger partial charge is 0.137 e. The van der Waals surface area contributed by atoms with Crippen molar-refractivity contribution in [3.63, 3.8) is 0 Å². The number of benzene rings is 2.